The molecule has 0 fully saturated rings. The van der Waals surface area contributed by atoms with E-state index in [0.717, 1.165) is 18.4 Å². The summed E-state index contributed by atoms with van der Waals surface area (Å²) in [7, 11) is 2.13. The van der Waals surface area contributed by atoms with Crippen molar-refractivity contribution in [3.63, 3.8) is 0 Å². The van der Waals surface area contributed by atoms with E-state index < -0.39 is 0 Å². The van der Waals surface area contributed by atoms with Gasteiger partial charge in [0.2, 0.25) is 0 Å². The second-order valence-corrected chi connectivity index (χ2v) is 3.63. The molecule has 0 aliphatic heterocycles. The van der Waals surface area contributed by atoms with E-state index in [1.165, 1.54) is 16.6 Å². The maximum atomic E-state index is 9.60. The number of rotatable bonds is 0. The second-order valence-electron chi connectivity index (χ2n) is 3.63. The van der Waals surface area contributed by atoms with Gasteiger partial charge in [0.15, 0.2) is 0 Å². The van der Waals surface area contributed by atoms with E-state index in [4.69, 9.17) is 0 Å². The minimum absolute atomic E-state index is 0.209. The summed E-state index contributed by atoms with van der Waals surface area (Å²) in [5.41, 5.74) is 5.23. The van der Waals surface area contributed by atoms with Crippen LogP contribution in [0.3, 0.4) is 0 Å². The van der Waals surface area contributed by atoms with Gasteiger partial charge in [0.1, 0.15) is 7.85 Å². The number of aliphatic hydroxyl groups is 1. The number of benzene rings is 1. The van der Waals surface area contributed by atoms with Gasteiger partial charge >= 0.3 is 0 Å². The molecule has 0 aromatic heterocycles. The molecular formula is C10H13BO. The molecule has 0 saturated heterocycles. The molecule has 1 aromatic rings. The standard InChI is InChI=1S/C10H13BO/c1-6-7-3-5-10(12)8(7)2-4-9(6)11/h2,4,10,12H,3,5,11H2,1H3/t10-/m1/s1. The van der Waals surface area contributed by atoms with E-state index >= 15 is 0 Å². The average molecular weight is 160 g/mol. The first kappa shape index (κ1) is 7.87. The van der Waals surface area contributed by atoms with Crippen molar-refractivity contribution in [3.8, 4) is 0 Å². The van der Waals surface area contributed by atoms with Crippen LogP contribution in [0.1, 0.15) is 29.2 Å². The summed E-state index contributed by atoms with van der Waals surface area (Å²) >= 11 is 0. The van der Waals surface area contributed by atoms with E-state index in [9.17, 15) is 5.11 Å². The van der Waals surface area contributed by atoms with Crippen LogP contribution < -0.4 is 5.46 Å². The molecule has 0 amide bonds. The Morgan fingerprint density at radius 2 is 2.25 bits per heavy atom. The molecule has 2 rings (SSSR count). The predicted molar refractivity (Wildman–Crippen MR) is 52.6 cm³/mol. The van der Waals surface area contributed by atoms with Gasteiger partial charge in [-0.1, -0.05) is 23.2 Å². The van der Waals surface area contributed by atoms with E-state index in [0.29, 0.717) is 0 Å². The zero-order valence-corrected chi connectivity index (χ0v) is 7.59. The molecule has 1 nitrogen and oxygen atoms in total. The Labute approximate surface area is 73.8 Å². The lowest BCUT2D eigenvalue weighted by Crippen LogP contribution is -2.10. The highest BCUT2D eigenvalue weighted by atomic mass is 16.3. The van der Waals surface area contributed by atoms with Crippen LogP contribution in [-0.2, 0) is 6.42 Å². The summed E-state index contributed by atoms with van der Waals surface area (Å²) in [4.78, 5) is 0. The average Bonchev–Trinajstić information content (AvgIpc) is 2.41. The summed E-state index contributed by atoms with van der Waals surface area (Å²) in [5, 5.41) is 9.60. The summed E-state index contributed by atoms with van der Waals surface area (Å²) in [5.74, 6) is 0. The van der Waals surface area contributed by atoms with Gasteiger partial charge in [-0.05, 0) is 30.9 Å². The highest BCUT2D eigenvalue weighted by Crippen LogP contribution is 2.31. The van der Waals surface area contributed by atoms with Crippen molar-refractivity contribution in [1.29, 1.82) is 0 Å². The molecule has 0 spiro atoms. The lowest BCUT2D eigenvalue weighted by molar-refractivity contribution is 0.180. The van der Waals surface area contributed by atoms with Crippen LogP contribution in [0.15, 0.2) is 12.1 Å². The fourth-order valence-corrected chi connectivity index (χ4v) is 1.98. The third kappa shape index (κ3) is 0.986. The van der Waals surface area contributed by atoms with Gasteiger partial charge in [0.05, 0.1) is 6.10 Å². The zero-order chi connectivity index (χ0) is 8.72. The minimum atomic E-state index is -0.209. The van der Waals surface area contributed by atoms with Crippen LogP contribution in [0.25, 0.3) is 0 Å². The number of hydrogen-bond donors (Lipinski definition) is 1. The molecule has 1 N–H and O–H groups in total. The molecule has 0 radical (unpaired) electrons. The maximum Gasteiger partial charge on any atom is 0.139 e. The van der Waals surface area contributed by atoms with Crippen molar-refractivity contribution in [2.75, 3.05) is 0 Å². The Bertz CT molecular complexity index is 320. The molecule has 1 atom stereocenters. The fourth-order valence-electron chi connectivity index (χ4n) is 1.98. The van der Waals surface area contributed by atoms with Crippen LogP contribution in [-0.4, -0.2) is 13.0 Å². The largest absolute Gasteiger partial charge is 0.388 e. The Hall–Kier alpha value is -0.755. The first-order chi connectivity index (χ1) is 5.70. The maximum absolute atomic E-state index is 9.60. The third-order valence-electron chi connectivity index (χ3n) is 2.93. The van der Waals surface area contributed by atoms with Gasteiger partial charge < -0.3 is 5.11 Å². The monoisotopic (exact) mass is 160 g/mol. The van der Waals surface area contributed by atoms with Crippen molar-refractivity contribution in [2.45, 2.75) is 25.9 Å². The number of hydrogen-bond acceptors (Lipinski definition) is 1. The Morgan fingerprint density at radius 1 is 1.50 bits per heavy atom. The van der Waals surface area contributed by atoms with Crippen molar-refractivity contribution < 1.29 is 5.11 Å². The van der Waals surface area contributed by atoms with Crippen LogP contribution in [0.5, 0.6) is 0 Å². The van der Waals surface area contributed by atoms with Crippen molar-refractivity contribution in [3.05, 3.63) is 28.8 Å². The number of fused-ring (bicyclic) bond motifs is 1. The fraction of sp³-hybridized carbons (Fsp3) is 0.400. The van der Waals surface area contributed by atoms with E-state index in [2.05, 4.69) is 26.9 Å². The van der Waals surface area contributed by atoms with Crippen LogP contribution in [0, 0.1) is 6.92 Å². The van der Waals surface area contributed by atoms with Crippen molar-refractivity contribution in [1.82, 2.24) is 0 Å². The quantitative estimate of drug-likeness (QED) is 0.538. The third-order valence-corrected chi connectivity index (χ3v) is 2.93. The van der Waals surface area contributed by atoms with Crippen LogP contribution >= 0.6 is 0 Å². The van der Waals surface area contributed by atoms with Gasteiger partial charge in [-0.25, -0.2) is 0 Å². The summed E-state index contributed by atoms with van der Waals surface area (Å²) < 4.78 is 0. The molecule has 1 aliphatic carbocycles. The molecule has 0 saturated carbocycles. The van der Waals surface area contributed by atoms with Gasteiger partial charge in [0.25, 0.3) is 0 Å². The first-order valence-electron chi connectivity index (χ1n) is 4.47. The normalized spacial score (nSPS) is 21.0. The zero-order valence-electron chi connectivity index (χ0n) is 7.59. The van der Waals surface area contributed by atoms with Gasteiger partial charge in [-0.3, -0.25) is 0 Å². The first-order valence-corrected chi connectivity index (χ1v) is 4.47. The number of aliphatic hydroxyl groups excluding tert-OH is 1. The molecular weight excluding hydrogens is 147 g/mol. The summed E-state index contributed by atoms with van der Waals surface area (Å²) in [6.07, 6.45) is 1.74. The van der Waals surface area contributed by atoms with Crippen LogP contribution in [0.2, 0.25) is 0 Å². The molecule has 62 valence electrons. The Morgan fingerprint density at radius 3 is 3.00 bits per heavy atom. The van der Waals surface area contributed by atoms with Gasteiger partial charge in [-0.2, -0.15) is 0 Å². The predicted octanol–water partition coefficient (Wildman–Crippen LogP) is 0.233. The van der Waals surface area contributed by atoms with Crippen molar-refractivity contribution >= 4 is 13.3 Å². The van der Waals surface area contributed by atoms with E-state index in [-0.39, 0.29) is 6.10 Å². The molecule has 2 heteroatoms. The topological polar surface area (TPSA) is 20.2 Å². The highest BCUT2D eigenvalue weighted by molar-refractivity contribution is 6.33. The molecule has 0 unspecified atom stereocenters. The summed E-state index contributed by atoms with van der Waals surface area (Å²) in [6.45, 7) is 2.15. The van der Waals surface area contributed by atoms with Gasteiger partial charge in [-0.15, -0.1) is 0 Å². The van der Waals surface area contributed by atoms with Crippen LogP contribution in [0.4, 0.5) is 0 Å². The molecule has 0 heterocycles. The summed E-state index contributed by atoms with van der Waals surface area (Å²) in [6, 6.07) is 4.16. The SMILES string of the molecule is Bc1ccc2c(c1C)CC[C@H]2O. The van der Waals surface area contributed by atoms with E-state index in [1.807, 2.05) is 0 Å². The molecule has 1 aromatic carbocycles. The smallest absolute Gasteiger partial charge is 0.139 e. The molecule has 12 heavy (non-hydrogen) atoms. The lowest BCUT2D eigenvalue weighted by atomic mass is 9.87. The van der Waals surface area contributed by atoms with E-state index in [1.54, 1.807) is 0 Å². The van der Waals surface area contributed by atoms with Gasteiger partial charge in [0, 0.05) is 0 Å². The Kier molecular flexibility index (Phi) is 1.73. The highest BCUT2D eigenvalue weighted by Gasteiger charge is 2.21. The minimum Gasteiger partial charge on any atom is -0.388 e. The Balaban J connectivity index is 2.60. The second kappa shape index (κ2) is 2.63. The lowest BCUT2D eigenvalue weighted by Gasteiger charge is -2.08. The molecule has 1 aliphatic rings. The molecule has 0 bridgehead atoms. The van der Waals surface area contributed by atoms with Crippen molar-refractivity contribution in [2.24, 2.45) is 0 Å².